The number of benzene rings is 2. The van der Waals surface area contributed by atoms with Crippen molar-refractivity contribution < 1.29 is 9.13 Å². The molecule has 0 spiro atoms. The highest BCUT2D eigenvalue weighted by Crippen LogP contribution is 2.26. The fourth-order valence-electron chi connectivity index (χ4n) is 2.09. The summed E-state index contributed by atoms with van der Waals surface area (Å²) in [6.07, 6.45) is 0. The fraction of sp³-hybridized carbons (Fsp3) is 0.235. The maximum absolute atomic E-state index is 14.0. The predicted molar refractivity (Wildman–Crippen MR) is 79.2 cm³/mol. The molecule has 2 rings (SSSR count). The minimum absolute atomic E-state index is 0.0208. The summed E-state index contributed by atoms with van der Waals surface area (Å²) in [6, 6.07) is 12.1. The van der Waals surface area contributed by atoms with Gasteiger partial charge in [0.25, 0.3) is 0 Å². The van der Waals surface area contributed by atoms with Crippen LogP contribution in [0.3, 0.4) is 0 Å². The molecule has 2 aromatic carbocycles. The Labute approximate surface area is 123 Å². The molecule has 2 aromatic rings. The summed E-state index contributed by atoms with van der Waals surface area (Å²) in [6.45, 7) is 3.91. The van der Waals surface area contributed by atoms with E-state index < -0.39 is 5.82 Å². The van der Waals surface area contributed by atoms with E-state index in [-0.39, 0.29) is 18.2 Å². The van der Waals surface area contributed by atoms with Crippen molar-refractivity contribution in [3.8, 4) is 11.8 Å². The normalized spacial score (nSPS) is 11.8. The van der Waals surface area contributed by atoms with E-state index in [1.54, 1.807) is 12.1 Å². The van der Waals surface area contributed by atoms with Gasteiger partial charge in [0.05, 0.1) is 5.56 Å². The molecular formula is C17H17FN2O. The van der Waals surface area contributed by atoms with E-state index in [1.165, 1.54) is 6.07 Å². The Balaban J connectivity index is 2.23. The summed E-state index contributed by atoms with van der Waals surface area (Å²) < 4.78 is 19.7. The lowest BCUT2D eigenvalue weighted by Crippen LogP contribution is -2.09. The molecule has 0 radical (unpaired) electrons. The first kappa shape index (κ1) is 15.0. The Bertz CT molecular complexity index is 690. The highest BCUT2D eigenvalue weighted by atomic mass is 19.1. The van der Waals surface area contributed by atoms with Crippen LogP contribution in [0.5, 0.6) is 5.75 Å². The molecule has 2 N–H and O–H groups in total. The standard InChI is InChI=1S/C17H17FN2O/c1-11-6-7-16(15(8-11)12(2)20)21-10-14-5-3-4-13(9-19)17(14)18/h3-8,12H,10,20H2,1-2H3/t12-/m0/s1. The van der Waals surface area contributed by atoms with Gasteiger partial charge in [0.1, 0.15) is 24.2 Å². The Hall–Kier alpha value is -2.38. The summed E-state index contributed by atoms with van der Waals surface area (Å²) in [4.78, 5) is 0. The van der Waals surface area contributed by atoms with Crippen molar-refractivity contribution in [2.24, 2.45) is 5.73 Å². The monoisotopic (exact) mass is 284 g/mol. The van der Waals surface area contributed by atoms with Gasteiger partial charge in [-0.2, -0.15) is 5.26 Å². The first-order valence-corrected chi connectivity index (χ1v) is 6.69. The zero-order chi connectivity index (χ0) is 15.4. The maximum atomic E-state index is 14.0. The van der Waals surface area contributed by atoms with Crippen LogP contribution in [0.4, 0.5) is 4.39 Å². The summed E-state index contributed by atoms with van der Waals surface area (Å²) in [5.41, 5.74) is 8.28. The number of nitrogens with two attached hydrogens (primary N) is 1. The quantitative estimate of drug-likeness (QED) is 0.933. The van der Waals surface area contributed by atoms with Crippen LogP contribution < -0.4 is 10.5 Å². The van der Waals surface area contributed by atoms with Crippen LogP contribution >= 0.6 is 0 Å². The molecule has 21 heavy (non-hydrogen) atoms. The lowest BCUT2D eigenvalue weighted by molar-refractivity contribution is 0.295. The molecular weight excluding hydrogens is 267 g/mol. The minimum atomic E-state index is -0.533. The van der Waals surface area contributed by atoms with Gasteiger partial charge >= 0.3 is 0 Å². The molecule has 0 aliphatic rings. The number of ether oxygens (including phenoxy) is 1. The van der Waals surface area contributed by atoms with Gasteiger partial charge in [0.15, 0.2) is 0 Å². The van der Waals surface area contributed by atoms with Gasteiger partial charge in [-0.1, -0.05) is 29.8 Å². The van der Waals surface area contributed by atoms with E-state index in [2.05, 4.69) is 0 Å². The summed E-state index contributed by atoms with van der Waals surface area (Å²) >= 11 is 0. The van der Waals surface area contributed by atoms with E-state index in [4.69, 9.17) is 15.7 Å². The van der Waals surface area contributed by atoms with Crippen molar-refractivity contribution in [3.63, 3.8) is 0 Å². The molecule has 0 aromatic heterocycles. The number of hydrogen-bond acceptors (Lipinski definition) is 3. The highest BCUT2D eigenvalue weighted by molar-refractivity contribution is 5.39. The Morgan fingerprint density at radius 1 is 1.33 bits per heavy atom. The number of aryl methyl sites for hydroxylation is 1. The molecule has 0 saturated carbocycles. The van der Waals surface area contributed by atoms with Crippen molar-refractivity contribution in [1.29, 1.82) is 5.26 Å². The molecule has 0 saturated heterocycles. The Kier molecular flexibility index (Phi) is 4.56. The van der Waals surface area contributed by atoms with Crippen molar-refractivity contribution in [2.45, 2.75) is 26.5 Å². The second-order valence-electron chi connectivity index (χ2n) is 5.01. The van der Waals surface area contributed by atoms with Crippen molar-refractivity contribution in [1.82, 2.24) is 0 Å². The van der Waals surface area contributed by atoms with E-state index in [9.17, 15) is 4.39 Å². The lowest BCUT2D eigenvalue weighted by atomic mass is 10.1. The van der Waals surface area contributed by atoms with E-state index in [0.717, 1.165) is 11.1 Å². The summed E-state index contributed by atoms with van der Waals surface area (Å²) in [7, 11) is 0. The highest BCUT2D eigenvalue weighted by Gasteiger charge is 2.11. The Morgan fingerprint density at radius 2 is 2.10 bits per heavy atom. The van der Waals surface area contributed by atoms with Gasteiger partial charge in [0.2, 0.25) is 0 Å². The number of hydrogen-bond donors (Lipinski definition) is 1. The van der Waals surface area contributed by atoms with Gasteiger partial charge < -0.3 is 10.5 Å². The topological polar surface area (TPSA) is 59.0 Å². The zero-order valence-corrected chi connectivity index (χ0v) is 12.1. The van der Waals surface area contributed by atoms with Gasteiger partial charge in [0, 0.05) is 17.2 Å². The molecule has 3 nitrogen and oxygen atoms in total. The van der Waals surface area contributed by atoms with Crippen molar-refractivity contribution >= 4 is 0 Å². The summed E-state index contributed by atoms with van der Waals surface area (Å²) in [5, 5.41) is 8.83. The largest absolute Gasteiger partial charge is 0.488 e. The molecule has 108 valence electrons. The molecule has 0 amide bonds. The van der Waals surface area contributed by atoms with Crippen LogP contribution in [-0.4, -0.2) is 0 Å². The molecule has 0 bridgehead atoms. The van der Waals surface area contributed by atoms with Gasteiger partial charge in [-0.25, -0.2) is 4.39 Å². The molecule has 0 aliphatic carbocycles. The molecule has 4 heteroatoms. The van der Waals surface area contributed by atoms with Crippen LogP contribution in [0.15, 0.2) is 36.4 Å². The third-order valence-electron chi connectivity index (χ3n) is 3.24. The number of halogens is 1. The first-order valence-electron chi connectivity index (χ1n) is 6.69. The van der Waals surface area contributed by atoms with Gasteiger partial charge in [-0.15, -0.1) is 0 Å². The second-order valence-corrected chi connectivity index (χ2v) is 5.01. The smallest absolute Gasteiger partial charge is 0.147 e. The molecule has 0 fully saturated rings. The SMILES string of the molecule is Cc1ccc(OCc2cccc(C#N)c2F)c([C@H](C)N)c1. The van der Waals surface area contributed by atoms with Crippen LogP contribution in [0.2, 0.25) is 0 Å². The van der Waals surface area contributed by atoms with E-state index in [0.29, 0.717) is 11.3 Å². The van der Waals surface area contributed by atoms with E-state index in [1.807, 2.05) is 38.1 Å². The number of rotatable bonds is 4. The number of nitriles is 1. The lowest BCUT2D eigenvalue weighted by Gasteiger charge is -2.15. The molecule has 0 unspecified atom stereocenters. The average molecular weight is 284 g/mol. The van der Waals surface area contributed by atoms with Crippen LogP contribution in [-0.2, 0) is 6.61 Å². The van der Waals surface area contributed by atoms with Gasteiger partial charge in [-0.05, 0) is 26.0 Å². The molecule has 1 atom stereocenters. The zero-order valence-electron chi connectivity index (χ0n) is 12.1. The molecule has 0 aliphatic heterocycles. The predicted octanol–water partition coefficient (Wildman–Crippen LogP) is 3.60. The van der Waals surface area contributed by atoms with Crippen LogP contribution in [0.25, 0.3) is 0 Å². The average Bonchev–Trinajstić information content (AvgIpc) is 2.47. The Morgan fingerprint density at radius 3 is 2.76 bits per heavy atom. The van der Waals surface area contributed by atoms with Crippen molar-refractivity contribution in [2.75, 3.05) is 0 Å². The minimum Gasteiger partial charge on any atom is -0.488 e. The third kappa shape index (κ3) is 3.39. The van der Waals surface area contributed by atoms with Gasteiger partial charge in [-0.3, -0.25) is 0 Å². The van der Waals surface area contributed by atoms with Crippen molar-refractivity contribution in [3.05, 3.63) is 64.5 Å². The van der Waals surface area contributed by atoms with Crippen LogP contribution in [0.1, 0.15) is 35.2 Å². The van der Waals surface area contributed by atoms with Crippen LogP contribution in [0, 0.1) is 24.1 Å². The molecule has 0 heterocycles. The maximum Gasteiger partial charge on any atom is 0.147 e. The third-order valence-corrected chi connectivity index (χ3v) is 3.24. The second kappa shape index (κ2) is 6.38. The first-order chi connectivity index (χ1) is 10.0. The summed E-state index contributed by atoms with van der Waals surface area (Å²) in [5.74, 6) is 0.104. The number of nitrogens with zero attached hydrogens (tertiary/aromatic N) is 1. The fourth-order valence-corrected chi connectivity index (χ4v) is 2.09. The van der Waals surface area contributed by atoms with E-state index >= 15 is 0 Å².